The van der Waals surface area contributed by atoms with Crippen LogP contribution in [0, 0.1) is 18.6 Å². The molecule has 11 nitrogen and oxygen atoms in total. The number of nitrogens with zero attached hydrogens (tertiary/aromatic N) is 4. The summed E-state index contributed by atoms with van der Waals surface area (Å²) in [6.07, 6.45) is 1.44. The molecule has 7 rings (SSSR count). The van der Waals surface area contributed by atoms with Crippen molar-refractivity contribution in [1.82, 2.24) is 19.4 Å². The molecule has 0 spiro atoms. The fraction of sp³-hybridized carbons (Fsp3) is 0.275. The number of ether oxygens (including phenoxy) is 2. The molecule has 1 fully saturated rings. The number of nitrogens with one attached hydrogen (secondary N) is 1. The van der Waals surface area contributed by atoms with E-state index in [2.05, 4.69) is 10.3 Å². The lowest BCUT2D eigenvalue weighted by Crippen LogP contribution is -2.57. The lowest BCUT2D eigenvalue weighted by Gasteiger charge is -2.38. The maximum atomic E-state index is 15.8. The molecule has 3 heterocycles. The normalized spacial score (nSPS) is 16.1. The van der Waals surface area contributed by atoms with Gasteiger partial charge in [-0.2, -0.15) is 13.2 Å². The minimum atomic E-state index is -4.67. The summed E-state index contributed by atoms with van der Waals surface area (Å²) >= 11 is 0. The van der Waals surface area contributed by atoms with E-state index in [1.165, 1.54) is 42.0 Å². The van der Waals surface area contributed by atoms with Crippen LogP contribution in [0.5, 0.6) is 5.75 Å². The van der Waals surface area contributed by atoms with Crippen molar-refractivity contribution in [3.05, 3.63) is 127 Å². The van der Waals surface area contributed by atoms with E-state index in [4.69, 9.17) is 9.47 Å². The van der Waals surface area contributed by atoms with Crippen LogP contribution in [0.3, 0.4) is 0 Å². The highest BCUT2D eigenvalue weighted by Gasteiger charge is 2.45. The van der Waals surface area contributed by atoms with Crippen molar-refractivity contribution in [2.45, 2.75) is 44.4 Å². The van der Waals surface area contributed by atoms with Gasteiger partial charge in [-0.05, 0) is 79.4 Å². The van der Waals surface area contributed by atoms with Gasteiger partial charge in [0.2, 0.25) is 0 Å². The molecule has 1 saturated heterocycles. The fourth-order valence-electron chi connectivity index (χ4n) is 7.12. The molecule has 0 bridgehead atoms. The maximum Gasteiger partial charge on any atom is 0.411 e. The lowest BCUT2D eigenvalue weighted by atomic mass is 9.99. The number of morpholine rings is 1. The Balaban J connectivity index is 1.26. The number of anilines is 1. The quantitative estimate of drug-likeness (QED) is 0.144. The zero-order valence-corrected chi connectivity index (χ0v) is 30.0. The fourth-order valence-corrected chi connectivity index (χ4v) is 7.12. The molecular weight excluding hydrogens is 741 g/mol. The number of esters is 1. The van der Waals surface area contributed by atoms with Crippen LogP contribution < -0.4 is 36.8 Å². The third kappa shape index (κ3) is 7.31. The van der Waals surface area contributed by atoms with E-state index >= 15 is 4.39 Å². The van der Waals surface area contributed by atoms with Crippen molar-refractivity contribution in [3.8, 4) is 11.4 Å². The summed E-state index contributed by atoms with van der Waals surface area (Å²) in [6, 6.07) is 9.40. The van der Waals surface area contributed by atoms with Crippen molar-refractivity contribution < 1.29 is 41.0 Å². The molecule has 3 aromatic carbocycles. The predicted molar refractivity (Wildman–Crippen MR) is 196 cm³/mol. The highest BCUT2D eigenvalue weighted by molar-refractivity contribution is 5.99. The largest absolute Gasteiger partial charge is 0.425 e. The van der Waals surface area contributed by atoms with Gasteiger partial charge in [-0.25, -0.2) is 22.9 Å². The van der Waals surface area contributed by atoms with E-state index < -0.39 is 65.2 Å². The number of pyridine rings is 1. The third-order valence-electron chi connectivity index (χ3n) is 9.86. The van der Waals surface area contributed by atoms with Gasteiger partial charge in [0.1, 0.15) is 29.5 Å². The molecule has 2 aliphatic rings. The molecule has 1 aliphatic heterocycles. The number of halogens is 5. The second-order valence-electron chi connectivity index (χ2n) is 13.5. The number of alkyl halides is 3. The molecule has 290 valence electrons. The molecule has 16 heteroatoms. The summed E-state index contributed by atoms with van der Waals surface area (Å²) in [5.41, 5.74) is -0.908. The number of carbonyl (C=O) groups is 2. The minimum Gasteiger partial charge on any atom is -0.425 e. The minimum absolute atomic E-state index is 0.00138. The van der Waals surface area contributed by atoms with E-state index in [9.17, 15) is 36.7 Å². The topological polar surface area (TPSA) is 125 Å². The SMILES string of the molecule is Cc1cc(N2CCOC[C@@H]2C(F)(F)F)cc(F)c1C(=O)N[C@@H](Cc1ccc(-n2c(=O)c3c(n(C)c2=O)=CCCC=3)c2ncccc12)C(=O)Oc1ccc(F)cc1. The van der Waals surface area contributed by atoms with Crippen LogP contribution in [0.15, 0.2) is 76.4 Å². The average Bonchev–Trinajstić information content (AvgIpc) is 3.17. The van der Waals surface area contributed by atoms with Crippen molar-refractivity contribution in [3.63, 3.8) is 0 Å². The van der Waals surface area contributed by atoms with Gasteiger partial charge in [-0.3, -0.25) is 19.1 Å². The molecule has 0 radical (unpaired) electrons. The number of hydrogen-bond acceptors (Lipinski definition) is 8. The molecule has 0 unspecified atom stereocenters. The number of carbonyl (C=O) groups excluding carboxylic acids is 2. The Morgan fingerprint density at radius 3 is 2.52 bits per heavy atom. The average molecular weight is 776 g/mol. The first kappa shape index (κ1) is 38.1. The highest BCUT2D eigenvalue weighted by atomic mass is 19.4. The first-order valence-corrected chi connectivity index (χ1v) is 17.6. The number of benzene rings is 3. The second-order valence-corrected chi connectivity index (χ2v) is 13.5. The highest BCUT2D eigenvalue weighted by Crippen LogP contribution is 2.33. The molecule has 5 aromatic rings. The van der Waals surface area contributed by atoms with Gasteiger partial charge in [-0.1, -0.05) is 24.3 Å². The number of aryl methyl sites for hydroxylation is 1. The van der Waals surface area contributed by atoms with E-state index in [-0.39, 0.29) is 47.8 Å². The molecule has 2 aromatic heterocycles. The molecule has 2 atom stereocenters. The molecule has 0 saturated carbocycles. The summed E-state index contributed by atoms with van der Waals surface area (Å²) in [7, 11) is 1.57. The monoisotopic (exact) mass is 775 g/mol. The summed E-state index contributed by atoms with van der Waals surface area (Å²) in [6.45, 7) is 0.529. The van der Waals surface area contributed by atoms with E-state index in [0.717, 1.165) is 27.7 Å². The van der Waals surface area contributed by atoms with Gasteiger partial charge in [0.25, 0.3) is 11.5 Å². The molecule has 1 N–H and O–H groups in total. The van der Waals surface area contributed by atoms with Gasteiger partial charge < -0.3 is 19.7 Å². The van der Waals surface area contributed by atoms with Crippen LogP contribution >= 0.6 is 0 Å². The Morgan fingerprint density at radius 2 is 1.79 bits per heavy atom. The number of fused-ring (bicyclic) bond motifs is 2. The summed E-state index contributed by atoms with van der Waals surface area (Å²) in [5.74, 6) is -3.83. The van der Waals surface area contributed by atoms with Gasteiger partial charge in [0, 0.05) is 37.3 Å². The van der Waals surface area contributed by atoms with Crippen LogP contribution in [0.25, 0.3) is 28.7 Å². The number of amides is 1. The number of rotatable bonds is 8. The van der Waals surface area contributed by atoms with Crippen molar-refractivity contribution in [1.29, 1.82) is 0 Å². The Morgan fingerprint density at radius 1 is 1.04 bits per heavy atom. The standard InChI is InChI=1S/C40H34F5N5O6/c1-22-18-25(49-16-17-55-21-33(49)40(43,44)45)20-29(42)34(22)36(51)47-30(38(53)56-26-12-10-24(41)11-13-26)19-23-9-14-32(35-27(23)7-5-15-46-35)50-37(52)28-6-3-4-8-31(28)48(2)39(50)54/h5-15,18,20,30,33H,3-4,16-17,19,21H2,1-2H3,(H,47,51)/t30-,33+/m0/s1. The van der Waals surface area contributed by atoms with Gasteiger partial charge >= 0.3 is 17.8 Å². The molecule has 1 aliphatic carbocycles. The Labute approximate surface area is 314 Å². The summed E-state index contributed by atoms with van der Waals surface area (Å²) < 4.78 is 83.8. The van der Waals surface area contributed by atoms with Gasteiger partial charge in [0.05, 0.1) is 40.5 Å². The third-order valence-corrected chi connectivity index (χ3v) is 9.86. The summed E-state index contributed by atoms with van der Waals surface area (Å²) in [4.78, 5) is 60.3. The second kappa shape index (κ2) is 15.2. The Kier molecular flexibility index (Phi) is 10.3. The molecular formula is C40H34F5N5O6. The van der Waals surface area contributed by atoms with Crippen LogP contribution in [0.4, 0.5) is 27.6 Å². The predicted octanol–water partition coefficient (Wildman–Crippen LogP) is 3.74. The van der Waals surface area contributed by atoms with Crippen LogP contribution in [0.1, 0.15) is 34.3 Å². The van der Waals surface area contributed by atoms with E-state index in [1.54, 1.807) is 31.3 Å². The zero-order chi connectivity index (χ0) is 39.9. The zero-order valence-electron chi connectivity index (χ0n) is 30.0. The first-order valence-electron chi connectivity index (χ1n) is 17.6. The van der Waals surface area contributed by atoms with Crippen LogP contribution in [-0.2, 0) is 23.0 Å². The van der Waals surface area contributed by atoms with Crippen molar-refractivity contribution >= 4 is 40.6 Å². The van der Waals surface area contributed by atoms with E-state index in [0.29, 0.717) is 34.4 Å². The smallest absolute Gasteiger partial charge is 0.411 e. The van der Waals surface area contributed by atoms with Crippen molar-refractivity contribution in [2.24, 2.45) is 7.05 Å². The lowest BCUT2D eigenvalue weighted by molar-refractivity contribution is -0.167. The van der Waals surface area contributed by atoms with Crippen LogP contribution in [0.2, 0.25) is 0 Å². The molecule has 1 amide bonds. The molecule has 56 heavy (non-hydrogen) atoms. The van der Waals surface area contributed by atoms with Gasteiger partial charge in [0.15, 0.2) is 0 Å². The number of aromatic nitrogens is 3. The maximum absolute atomic E-state index is 15.8. The summed E-state index contributed by atoms with van der Waals surface area (Å²) in [5, 5.41) is 3.82. The Bertz CT molecular complexity index is 2600. The van der Waals surface area contributed by atoms with Crippen molar-refractivity contribution in [2.75, 3.05) is 24.7 Å². The first-order chi connectivity index (χ1) is 26.7. The van der Waals surface area contributed by atoms with E-state index in [1.807, 2.05) is 6.08 Å². The Hall–Kier alpha value is -6.16. The number of hydrogen-bond donors (Lipinski definition) is 1. The van der Waals surface area contributed by atoms with Crippen LogP contribution in [-0.4, -0.2) is 64.0 Å². The van der Waals surface area contributed by atoms with Gasteiger partial charge in [-0.15, -0.1) is 0 Å².